The second-order valence-corrected chi connectivity index (χ2v) is 9.77. The van der Waals surface area contributed by atoms with Gasteiger partial charge < -0.3 is 24.7 Å². The average Bonchev–Trinajstić information content (AvgIpc) is 3.34. The zero-order valence-corrected chi connectivity index (χ0v) is 16.4. The molecule has 3 aliphatic carbocycles. The van der Waals surface area contributed by atoms with Crippen molar-refractivity contribution in [2.24, 2.45) is 34.3 Å². The molecule has 2 saturated heterocycles. The number of hydrogen-bond donors (Lipinski definition) is 1. The monoisotopic (exact) mass is 365 g/mol. The fraction of sp³-hybridized carbons (Fsp3) is 1.00. The topological polar surface area (TPSA) is 62.9 Å². The zero-order chi connectivity index (χ0) is 18.0. The van der Waals surface area contributed by atoms with Gasteiger partial charge in [-0.1, -0.05) is 13.8 Å². The molecule has 5 fully saturated rings. The maximum Gasteiger partial charge on any atom is 0.174 e. The van der Waals surface area contributed by atoms with Gasteiger partial charge in [0.1, 0.15) is 0 Å². The van der Waals surface area contributed by atoms with Crippen molar-refractivity contribution in [2.75, 3.05) is 33.0 Å². The van der Waals surface area contributed by atoms with Crippen molar-refractivity contribution in [3.63, 3.8) is 0 Å². The van der Waals surface area contributed by atoms with Crippen LogP contribution in [0.3, 0.4) is 0 Å². The van der Waals surface area contributed by atoms with Gasteiger partial charge in [-0.3, -0.25) is 0 Å². The van der Waals surface area contributed by atoms with Crippen LogP contribution in [0.15, 0.2) is 0 Å². The largest absolute Gasteiger partial charge is 0.347 e. The fourth-order valence-corrected chi connectivity index (χ4v) is 7.90. The van der Waals surface area contributed by atoms with Crippen LogP contribution in [0, 0.1) is 28.6 Å². The van der Waals surface area contributed by atoms with E-state index in [9.17, 15) is 0 Å². The van der Waals surface area contributed by atoms with E-state index < -0.39 is 5.79 Å². The van der Waals surface area contributed by atoms with Crippen LogP contribution in [0.4, 0.5) is 0 Å². The van der Waals surface area contributed by atoms with Crippen LogP contribution in [-0.2, 0) is 18.9 Å². The van der Waals surface area contributed by atoms with E-state index in [4.69, 9.17) is 24.7 Å². The first-order chi connectivity index (χ1) is 12.5. The lowest BCUT2D eigenvalue weighted by molar-refractivity contribution is -0.301. The lowest BCUT2D eigenvalue weighted by Crippen LogP contribution is -2.62. The van der Waals surface area contributed by atoms with E-state index in [-0.39, 0.29) is 16.6 Å². The molecular weight excluding hydrogens is 330 g/mol. The molecule has 0 bridgehead atoms. The Morgan fingerprint density at radius 3 is 2.00 bits per heavy atom. The van der Waals surface area contributed by atoms with Gasteiger partial charge in [0.2, 0.25) is 0 Å². The van der Waals surface area contributed by atoms with Crippen LogP contribution in [0.2, 0.25) is 0 Å². The Bertz CT molecular complexity index is 556. The highest BCUT2D eigenvalue weighted by Crippen LogP contribution is 2.69. The van der Waals surface area contributed by atoms with Gasteiger partial charge in [-0.25, -0.2) is 0 Å². The summed E-state index contributed by atoms with van der Waals surface area (Å²) < 4.78 is 25.1. The summed E-state index contributed by atoms with van der Waals surface area (Å²) in [6.45, 7) is 8.51. The van der Waals surface area contributed by atoms with E-state index in [0.717, 1.165) is 45.7 Å². The number of ether oxygens (including phenoxy) is 4. The summed E-state index contributed by atoms with van der Waals surface area (Å²) in [7, 11) is 0. The van der Waals surface area contributed by atoms with E-state index in [1.165, 1.54) is 25.7 Å². The number of nitrogens with two attached hydrogens (primary N) is 1. The molecule has 5 heteroatoms. The molecule has 5 aliphatic rings. The van der Waals surface area contributed by atoms with E-state index in [1.54, 1.807) is 0 Å². The highest BCUT2D eigenvalue weighted by molar-refractivity contribution is 5.14. The minimum atomic E-state index is -0.405. The molecule has 0 aromatic carbocycles. The van der Waals surface area contributed by atoms with Gasteiger partial charge in [-0.15, -0.1) is 0 Å². The van der Waals surface area contributed by atoms with Crippen molar-refractivity contribution in [3.8, 4) is 0 Å². The molecule has 2 spiro atoms. The molecular formula is C21H35NO4. The van der Waals surface area contributed by atoms with Gasteiger partial charge in [0.15, 0.2) is 11.6 Å². The van der Waals surface area contributed by atoms with Gasteiger partial charge >= 0.3 is 0 Å². The van der Waals surface area contributed by atoms with Crippen LogP contribution in [0.5, 0.6) is 0 Å². The van der Waals surface area contributed by atoms with Gasteiger partial charge in [-0.2, -0.15) is 0 Å². The number of fused-ring (bicyclic) bond motifs is 4. The molecule has 2 aliphatic heterocycles. The Hall–Kier alpha value is -0.200. The maximum absolute atomic E-state index is 6.30. The van der Waals surface area contributed by atoms with Crippen molar-refractivity contribution in [3.05, 3.63) is 0 Å². The highest BCUT2D eigenvalue weighted by atomic mass is 16.7. The zero-order valence-electron chi connectivity index (χ0n) is 16.4. The van der Waals surface area contributed by atoms with E-state index in [2.05, 4.69) is 13.8 Å². The molecule has 26 heavy (non-hydrogen) atoms. The first kappa shape index (κ1) is 17.9. The molecule has 5 atom stereocenters. The smallest absolute Gasteiger partial charge is 0.174 e. The third kappa shape index (κ3) is 2.04. The molecule has 5 rings (SSSR count). The molecule has 2 N–H and O–H groups in total. The summed E-state index contributed by atoms with van der Waals surface area (Å²) in [5.74, 6) is 1.28. The maximum atomic E-state index is 6.30. The molecule has 2 heterocycles. The van der Waals surface area contributed by atoms with Crippen LogP contribution < -0.4 is 5.73 Å². The summed E-state index contributed by atoms with van der Waals surface area (Å²) in [4.78, 5) is 0. The predicted molar refractivity (Wildman–Crippen MR) is 97.3 cm³/mol. The third-order valence-electron chi connectivity index (χ3n) is 9.15. The standard InChI is InChI=1S/C21H35NO4/c1-18-6-4-16-15(17(18)5-8-21(18)25-13-14-26-21)3-7-20(23-11-12-24-20)19(16,2)9-10-22/h15-17H,3-14,22H2,1-2H3/t15-,16+,17+,18+,19-/m1/s1. The van der Waals surface area contributed by atoms with Gasteiger partial charge in [-0.05, 0) is 56.4 Å². The first-order valence-corrected chi connectivity index (χ1v) is 10.8. The Labute approximate surface area is 157 Å². The van der Waals surface area contributed by atoms with Gasteiger partial charge in [0.05, 0.1) is 26.4 Å². The highest BCUT2D eigenvalue weighted by Gasteiger charge is 2.69. The average molecular weight is 366 g/mol. The molecule has 3 saturated carbocycles. The van der Waals surface area contributed by atoms with Crippen molar-refractivity contribution in [2.45, 2.75) is 70.4 Å². The normalized spacial score (nSPS) is 48.8. The summed E-state index contributed by atoms with van der Waals surface area (Å²) >= 11 is 0. The molecule has 148 valence electrons. The molecule has 0 amide bonds. The van der Waals surface area contributed by atoms with Crippen molar-refractivity contribution < 1.29 is 18.9 Å². The minimum Gasteiger partial charge on any atom is -0.347 e. The van der Waals surface area contributed by atoms with Crippen LogP contribution >= 0.6 is 0 Å². The van der Waals surface area contributed by atoms with Crippen molar-refractivity contribution in [1.82, 2.24) is 0 Å². The van der Waals surface area contributed by atoms with Crippen molar-refractivity contribution in [1.29, 1.82) is 0 Å². The van der Waals surface area contributed by atoms with E-state index in [0.29, 0.717) is 24.3 Å². The fourth-order valence-electron chi connectivity index (χ4n) is 7.90. The van der Waals surface area contributed by atoms with Crippen molar-refractivity contribution >= 4 is 0 Å². The molecule has 0 aromatic heterocycles. The van der Waals surface area contributed by atoms with Gasteiger partial charge in [0, 0.05) is 23.7 Å². The predicted octanol–water partition coefficient (Wildman–Crippen LogP) is 3.06. The third-order valence-corrected chi connectivity index (χ3v) is 9.15. The second-order valence-electron chi connectivity index (χ2n) is 9.77. The van der Waals surface area contributed by atoms with Crippen LogP contribution in [0.1, 0.15) is 58.8 Å². The Morgan fingerprint density at radius 2 is 1.35 bits per heavy atom. The Morgan fingerprint density at radius 1 is 0.769 bits per heavy atom. The van der Waals surface area contributed by atoms with Gasteiger partial charge in [0.25, 0.3) is 0 Å². The van der Waals surface area contributed by atoms with E-state index >= 15 is 0 Å². The lowest BCUT2D eigenvalue weighted by Gasteiger charge is -2.61. The first-order valence-electron chi connectivity index (χ1n) is 10.8. The van der Waals surface area contributed by atoms with Crippen LogP contribution in [-0.4, -0.2) is 44.5 Å². The SMILES string of the molecule is C[C@]12CC[C@H]3[C@@H](CCC4(OCCO4)[C@]3(C)CCN)[C@@H]1CCC21OCCO1. The summed E-state index contributed by atoms with van der Waals surface area (Å²) in [5, 5.41) is 0. The summed E-state index contributed by atoms with van der Waals surface area (Å²) in [5.41, 5.74) is 6.25. The molecule has 5 nitrogen and oxygen atoms in total. The summed E-state index contributed by atoms with van der Waals surface area (Å²) in [6.07, 6.45) is 7.85. The number of hydrogen-bond acceptors (Lipinski definition) is 5. The molecule has 0 unspecified atom stereocenters. The quantitative estimate of drug-likeness (QED) is 0.815. The lowest BCUT2D eigenvalue weighted by atomic mass is 9.47. The Balaban J connectivity index is 1.49. The van der Waals surface area contributed by atoms with Crippen LogP contribution in [0.25, 0.3) is 0 Å². The molecule has 0 aromatic rings. The Kier molecular flexibility index (Phi) is 4.05. The summed E-state index contributed by atoms with van der Waals surface area (Å²) in [6, 6.07) is 0. The van der Waals surface area contributed by atoms with E-state index in [1.807, 2.05) is 0 Å². The second kappa shape index (κ2) is 5.90. The number of rotatable bonds is 2. The minimum absolute atomic E-state index is 0.00956. The molecule has 0 radical (unpaired) electrons.